The molecule has 0 aliphatic rings. The molecule has 0 amide bonds. The van der Waals surface area contributed by atoms with Crippen LogP contribution in [0.3, 0.4) is 0 Å². The second-order valence-corrected chi connectivity index (χ2v) is 10.3. The first-order valence-corrected chi connectivity index (χ1v) is 11.6. The highest BCUT2D eigenvalue weighted by molar-refractivity contribution is 14.1. The second kappa shape index (κ2) is 9.24. The molecule has 0 heterocycles. The van der Waals surface area contributed by atoms with Crippen LogP contribution in [0, 0.1) is 23.8 Å². The molecule has 0 aromatic heterocycles. The van der Waals surface area contributed by atoms with Gasteiger partial charge in [0.15, 0.2) is 6.10 Å². The maximum absolute atomic E-state index is 13.9. The quantitative estimate of drug-likeness (QED) is 0.181. The molecule has 0 saturated heterocycles. The first-order valence-electron chi connectivity index (χ1n) is 6.17. The van der Waals surface area contributed by atoms with Crippen molar-refractivity contribution in [3.8, 4) is 0 Å². The summed E-state index contributed by atoms with van der Waals surface area (Å²) in [6.07, 6.45) is -2.05. The van der Waals surface area contributed by atoms with Gasteiger partial charge in [-0.1, -0.05) is 13.8 Å². The van der Waals surface area contributed by atoms with E-state index < -0.39 is 29.9 Å². The van der Waals surface area contributed by atoms with Crippen LogP contribution >= 0.6 is 113 Å². The lowest BCUT2D eigenvalue weighted by Crippen LogP contribution is -2.47. The third kappa shape index (κ3) is 4.93. The van der Waals surface area contributed by atoms with Gasteiger partial charge < -0.3 is 9.84 Å². The number of benzene rings is 1. The van der Waals surface area contributed by atoms with Crippen molar-refractivity contribution in [2.24, 2.45) is 5.92 Å². The lowest BCUT2D eigenvalue weighted by molar-refractivity contribution is -0.187. The van der Waals surface area contributed by atoms with Crippen molar-refractivity contribution in [1.29, 1.82) is 0 Å². The van der Waals surface area contributed by atoms with Crippen LogP contribution in [0.15, 0.2) is 0 Å². The van der Waals surface area contributed by atoms with E-state index in [1.54, 1.807) is 0 Å². The van der Waals surface area contributed by atoms with E-state index in [2.05, 4.69) is 67.8 Å². The molecule has 0 spiro atoms. The average Bonchev–Trinajstić information content (AvgIpc) is 2.48. The number of halogens is 7. The Bertz CT molecular complexity index is 664. The lowest BCUT2D eigenvalue weighted by Gasteiger charge is -2.27. The standard InChI is InChI=1S/C13H9F2I5O4/c1-3(2)10(13(14,15)12(22)23)24-11(21)4-5(16)7(18)9(20)8(19)6(4)17/h3,10H,1-2H3,(H,22,23). The Labute approximate surface area is 205 Å². The molecule has 1 unspecified atom stereocenters. The van der Waals surface area contributed by atoms with E-state index in [0.717, 1.165) is 10.7 Å². The van der Waals surface area contributed by atoms with Gasteiger partial charge in [0, 0.05) is 17.9 Å². The van der Waals surface area contributed by atoms with Gasteiger partial charge in [0.25, 0.3) is 0 Å². The predicted molar refractivity (Wildman–Crippen MR) is 127 cm³/mol. The van der Waals surface area contributed by atoms with E-state index >= 15 is 0 Å². The number of carbonyl (C=O) groups is 2. The highest BCUT2D eigenvalue weighted by atomic mass is 127. The van der Waals surface area contributed by atoms with E-state index in [0.29, 0.717) is 7.14 Å². The van der Waals surface area contributed by atoms with Crippen LogP contribution in [0.2, 0.25) is 0 Å². The fourth-order valence-corrected chi connectivity index (χ4v) is 6.91. The largest absolute Gasteiger partial charge is 0.477 e. The van der Waals surface area contributed by atoms with Gasteiger partial charge in [0.1, 0.15) is 0 Å². The van der Waals surface area contributed by atoms with Crippen molar-refractivity contribution in [3.05, 3.63) is 23.4 Å². The van der Waals surface area contributed by atoms with Gasteiger partial charge in [-0.3, -0.25) is 0 Å². The minimum atomic E-state index is -4.16. The Hall–Kier alpha value is 1.67. The van der Waals surface area contributed by atoms with E-state index in [9.17, 15) is 18.4 Å². The first-order chi connectivity index (χ1) is 10.8. The SMILES string of the molecule is CC(C)C(OC(=O)c1c(I)c(I)c(I)c(I)c1I)C(F)(F)C(=O)O. The van der Waals surface area contributed by atoms with Crippen LogP contribution in [0.4, 0.5) is 8.78 Å². The predicted octanol–water partition coefficient (Wildman–Crippen LogP) is 5.61. The van der Waals surface area contributed by atoms with Gasteiger partial charge in [-0.05, 0) is 119 Å². The Balaban J connectivity index is 3.36. The summed E-state index contributed by atoms with van der Waals surface area (Å²) in [4.78, 5) is 23.3. The van der Waals surface area contributed by atoms with Crippen molar-refractivity contribution in [3.63, 3.8) is 0 Å². The van der Waals surface area contributed by atoms with Crippen LogP contribution in [0.1, 0.15) is 24.2 Å². The molecule has 1 N–H and O–H groups in total. The number of aliphatic carboxylic acids is 1. The Morgan fingerprint density at radius 2 is 1.33 bits per heavy atom. The molecular formula is C13H9F2I5O4. The summed E-state index contributed by atoms with van der Waals surface area (Å²) in [6.45, 7) is 2.76. The van der Waals surface area contributed by atoms with Crippen LogP contribution in [-0.4, -0.2) is 29.1 Å². The van der Waals surface area contributed by atoms with Gasteiger partial charge in [-0.15, -0.1) is 0 Å². The lowest BCUT2D eigenvalue weighted by atomic mass is 10.0. The van der Waals surface area contributed by atoms with Gasteiger partial charge >= 0.3 is 17.9 Å². The monoisotopic (exact) mass is 902 g/mol. The van der Waals surface area contributed by atoms with Crippen molar-refractivity contribution < 1.29 is 28.2 Å². The smallest absolute Gasteiger partial charge is 0.378 e. The zero-order valence-electron chi connectivity index (χ0n) is 12.0. The molecule has 0 radical (unpaired) electrons. The summed E-state index contributed by atoms with van der Waals surface area (Å²) in [7, 11) is 0. The molecule has 1 atom stereocenters. The van der Waals surface area contributed by atoms with E-state index in [4.69, 9.17) is 9.84 Å². The molecule has 0 aliphatic heterocycles. The second-order valence-electron chi connectivity index (χ2n) is 4.94. The number of hydrogen-bond donors (Lipinski definition) is 1. The summed E-state index contributed by atoms with van der Waals surface area (Å²) in [5.74, 6) is -8.29. The van der Waals surface area contributed by atoms with Crippen LogP contribution < -0.4 is 0 Å². The molecule has 1 rings (SSSR count). The first kappa shape index (κ1) is 23.7. The number of carboxylic acids is 1. The highest BCUT2D eigenvalue weighted by Gasteiger charge is 2.52. The molecule has 4 nitrogen and oxygen atoms in total. The van der Waals surface area contributed by atoms with Crippen LogP contribution in [0.25, 0.3) is 0 Å². The maximum atomic E-state index is 13.9. The summed E-state index contributed by atoms with van der Waals surface area (Å²) in [5.41, 5.74) is 0.178. The normalized spacial score (nSPS) is 13.1. The fourth-order valence-electron chi connectivity index (χ4n) is 1.71. The Morgan fingerprint density at radius 1 is 0.958 bits per heavy atom. The summed E-state index contributed by atoms with van der Waals surface area (Å²) < 4.78 is 36.5. The summed E-state index contributed by atoms with van der Waals surface area (Å²) >= 11 is 10.2. The molecule has 11 heteroatoms. The number of esters is 1. The minimum Gasteiger partial charge on any atom is -0.477 e. The third-order valence-corrected chi connectivity index (χ3v) is 12.4. The van der Waals surface area contributed by atoms with Crippen molar-refractivity contribution in [2.75, 3.05) is 0 Å². The number of carbonyl (C=O) groups excluding carboxylic acids is 1. The maximum Gasteiger partial charge on any atom is 0.378 e. The number of alkyl halides is 2. The van der Waals surface area contributed by atoms with Crippen LogP contribution in [-0.2, 0) is 9.53 Å². The molecule has 0 saturated carbocycles. The van der Waals surface area contributed by atoms with Crippen molar-refractivity contribution >= 4 is 125 Å². The van der Waals surface area contributed by atoms with Crippen molar-refractivity contribution in [2.45, 2.75) is 25.9 Å². The molecular weight excluding hydrogens is 893 g/mol. The van der Waals surface area contributed by atoms with Gasteiger partial charge in [0.05, 0.1) is 5.56 Å². The van der Waals surface area contributed by atoms with Gasteiger partial charge in [-0.25, -0.2) is 9.59 Å². The number of carboxylic acid groups (broad SMARTS) is 1. The number of rotatable bonds is 5. The number of ether oxygens (including phenoxy) is 1. The topological polar surface area (TPSA) is 63.6 Å². The van der Waals surface area contributed by atoms with E-state index in [1.807, 2.05) is 45.2 Å². The highest BCUT2D eigenvalue weighted by Crippen LogP contribution is 2.35. The molecule has 134 valence electrons. The summed E-state index contributed by atoms with van der Waals surface area (Å²) in [6, 6.07) is 0. The molecule has 1 aromatic carbocycles. The molecule has 0 aliphatic carbocycles. The minimum absolute atomic E-state index is 0.178. The Morgan fingerprint density at radius 3 is 1.67 bits per heavy atom. The fraction of sp³-hybridized carbons (Fsp3) is 0.385. The Kier molecular flexibility index (Phi) is 9.13. The molecule has 0 fully saturated rings. The average molecular weight is 902 g/mol. The molecule has 1 aromatic rings. The third-order valence-electron chi connectivity index (χ3n) is 2.90. The van der Waals surface area contributed by atoms with Crippen molar-refractivity contribution in [1.82, 2.24) is 0 Å². The van der Waals surface area contributed by atoms with E-state index in [1.165, 1.54) is 13.8 Å². The molecule has 24 heavy (non-hydrogen) atoms. The zero-order chi connectivity index (χ0) is 19.0. The summed E-state index contributed by atoms with van der Waals surface area (Å²) in [5, 5.41) is 8.73. The van der Waals surface area contributed by atoms with Gasteiger partial charge in [-0.2, -0.15) is 8.78 Å². The number of hydrogen-bond acceptors (Lipinski definition) is 3. The van der Waals surface area contributed by atoms with Gasteiger partial charge in [0.2, 0.25) is 0 Å². The van der Waals surface area contributed by atoms with E-state index in [-0.39, 0.29) is 5.56 Å². The van der Waals surface area contributed by atoms with Crippen LogP contribution in [0.5, 0.6) is 0 Å². The molecule has 0 bridgehead atoms. The zero-order valence-corrected chi connectivity index (χ0v) is 22.8.